The van der Waals surface area contributed by atoms with E-state index in [9.17, 15) is 14.4 Å². The number of hydrogen-bond donors (Lipinski definition) is 1. The van der Waals surface area contributed by atoms with Gasteiger partial charge in [-0.2, -0.15) is 0 Å². The van der Waals surface area contributed by atoms with Crippen LogP contribution in [0.4, 0.5) is 4.79 Å². The molecule has 1 aromatic heterocycles. The number of nitrogens with zero attached hydrogens (tertiary/aromatic N) is 1. The number of fused-ring (bicyclic) bond motifs is 3. The molecule has 0 saturated carbocycles. The second kappa shape index (κ2) is 8.50. The number of rotatable bonds is 5. The van der Waals surface area contributed by atoms with Gasteiger partial charge in [-0.3, -0.25) is 9.69 Å². The van der Waals surface area contributed by atoms with Gasteiger partial charge in [0.2, 0.25) is 0 Å². The van der Waals surface area contributed by atoms with Gasteiger partial charge >= 0.3 is 11.7 Å². The standard InChI is InChI=1S/C30H22N2O4/c33-26-17-22(27-24-14-8-7-11-21(24)15-16-25(27)36-26)19-32-28(34)30(31-29(32)35,23-12-5-2-6-13-23)18-20-9-3-1-4-10-20/h1-17H,18-19H2,(H,31,35). The molecule has 1 atom stereocenters. The molecule has 2 heterocycles. The topological polar surface area (TPSA) is 79.6 Å². The minimum absolute atomic E-state index is 0.0514. The zero-order chi connectivity index (χ0) is 24.7. The molecule has 36 heavy (non-hydrogen) atoms. The van der Waals surface area contributed by atoms with Crippen LogP contribution in [0.3, 0.4) is 0 Å². The normalized spacial score (nSPS) is 17.6. The number of carbonyl (C=O) groups is 2. The van der Waals surface area contributed by atoms with Gasteiger partial charge in [-0.05, 0) is 33.5 Å². The van der Waals surface area contributed by atoms with Crippen molar-refractivity contribution < 1.29 is 14.0 Å². The maximum Gasteiger partial charge on any atom is 0.336 e. The third kappa shape index (κ3) is 3.55. The molecule has 1 N–H and O–H groups in total. The lowest BCUT2D eigenvalue weighted by Gasteiger charge is -2.27. The van der Waals surface area contributed by atoms with Crippen LogP contribution >= 0.6 is 0 Å². The van der Waals surface area contributed by atoms with Gasteiger partial charge in [0.15, 0.2) is 5.54 Å². The second-order valence-electron chi connectivity index (χ2n) is 9.01. The summed E-state index contributed by atoms with van der Waals surface area (Å²) in [6, 6.07) is 31.2. The van der Waals surface area contributed by atoms with Crippen LogP contribution in [0.2, 0.25) is 0 Å². The summed E-state index contributed by atoms with van der Waals surface area (Å²) in [4.78, 5) is 41.0. The Morgan fingerprint density at radius 3 is 2.25 bits per heavy atom. The predicted octanol–water partition coefficient (Wildman–Crippen LogP) is 5.14. The van der Waals surface area contributed by atoms with Crippen molar-refractivity contribution in [1.82, 2.24) is 10.2 Å². The fourth-order valence-electron chi connectivity index (χ4n) is 5.13. The summed E-state index contributed by atoms with van der Waals surface area (Å²) in [5.41, 5.74) is 0.827. The van der Waals surface area contributed by atoms with E-state index in [1.54, 1.807) is 6.07 Å². The van der Waals surface area contributed by atoms with Crippen molar-refractivity contribution in [1.29, 1.82) is 0 Å². The Labute approximate surface area is 206 Å². The molecule has 1 saturated heterocycles. The van der Waals surface area contributed by atoms with Crippen molar-refractivity contribution in [2.75, 3.05) is 0 Å². The maximum atomic E-state index is 14.1. The van der Waals surface area contributed by atoms with Gasteiger partial charge in [0.1, 0.15) is 5.58 Å². The number of carbonyl (C=O) groups excluding carboxylic acids is 2. The molecule has 6 rings (SSSR count). The lowest BCUT2D eigenvalue weighted by molar-refractivity contribution is -0.132. The second-order valence-corrected chi connectivity index (χ2v) is 9.01. The molecule has 1 unspecified atom stereocenters. The Bertz CT molecular complexity index is 1680. The largest absolute Gasteiger partial charge is 0.423 e. The van der Waals surface area contributed by atoms with E-state index in [0.29, 0.717) is 28.5 Å². The smallest absolute Gasteiger partial charge is 0.336 e. The Morgan fingerprint density at radius 1 is 0.778 bits per heavy atom. The molecule has 3 amide bonds. The van der Waals surface area contributed by atoms with E-state index >= 15 is 0 Å². The van der Waals surface area contributed by atoms with Crippen LogP contribution < -0.4 is 10.9 Å². The summed E-state index contributed by atoms with van der Waals surface area (Å²) in [7, 11) is 0. The SMILES string of the molecule is O=C1NC(Cc2ccccc2)(c2ccccc2)C(=O)N1Cc1cc(=O)oc2ccc3ccccc3c12. The Kier molecular flexibility index (Phi) is 5.15. The van der Waals surface area contributed by atoms with Crippen LogP contribution in [0.5, 0.6) is 0 Å². The lowest BCUT2D eigenvalue weighted by Crippen LogP contribution is -2.46. The van der Waals surface area contributed by atoms with Gasteiger partial charge in [0.25, 0.3) is 5.91 Å². The minimum atomic E-state index is -1.25. The Hall–Kier alpha value is -4.71. The summed E-state index contributed by atoms with van der Waals surface area (Å²) in [6.07, 6.45) is 0.305. The number of urea groups is 1. The molecule has 0 aliphatic carbocycles. The van der Waals surface area contributed by atoms with Gasteiger partial charge in [0.05, 0.1) is 6.54 Å². The van der Waals surface area contributed by atoms with Crippen LogP contribution in [0.1, 0.15) is 16.7 Å². The van der Waals surface area contributed by atoms with Crippen LogP contribution in [-0.4, -0.2) is 16.8 Å². The minimum Gasteiger partial charge on any atom is -0.423 e. The Balaban J connectivity index is 1.47. The highest BCUT2D eigenvalue weighted by atomic mass is 16.4. The van der Waals surface area contributed by atoms with Crippen LogP contribution in [-0.2, 0) is 23.3 Å². The van der Waals surface area contributed by atoms with Crippen molar-refractivity contribution in [3.63, 3.8) is 0 Å². The van der Waals surface area contributed by atoms with Crippen LogP contribution in [0.25, 0.3) is 21.7 Å². The molecular weight excluding hydrogens is 452 g/mol. The zero-order valence-corrected chi connectivity index (χ0v) is 19.3. The van der Waals surface area contributed by atoms with E-state index in [1.165, 1.54) is 11.0 Å². The van der Waals surface area contributed by atoms with E-state index in [-0.39, 0.29) is 12.5 Å². The molecule has 0 radical (unpaired) electrons. The highest BCUT2D eigenvalue weighted by Gasteiger charge is 2.52. The third-order valence-electron chi connectivity index (χ3n) is 6.80. The zero-order valence-electron chi connectivity index (χ0n) is 19.3. The highest BCUT2D eigenvalue weighted by molar-refractivity contribution is 6.09. The third-order valence-corrected chi connectivity index (χ3v) is 6.80. The average molecular weight is 475 g/mol. The van der Waals surface area contributed by atoms with Crippen LogP contribution in [0, 0.1) is 0 Å². The van der Waals surface area contributed by atoms with Crippen molar-refractivity contribution in [3.05, 3.63) is 130 Å². The molecule has 0 bridgehead atoms. The van der Waals surface area contributed by atoms with E-state index in [0.717, 1.165) is 16.3 Å². The van der Waals surface area contributed by atoms with Crippen molar-refractivity contribution >= 4 is 33.7 Å². The lowest BCUT2D eigenvalue weighted by atomic mass is 9.83. The first-order valence-corrected chi connectivity index (χ1v) is 11.7. The number of imide groups is 1. The molecule has 1 fully saturated rings. The van der Waals surface area contributed by atoms with Gasteiger partial charge in [0, 0.05) is 17.9 Å². The van der Waals surface area contributed by atoms with Gasteiger partial charge in [-0.25, -0.2) is 9.59 Å². The first kappa shape index (κ1) is 21.8. The average Bonchev–Trinajstić information content (AvgIpc) is 3.14. The number of amides is 3. The van der Waals surface area contributed by atoms with Crippen LogP contribution in [0.15, 0.2) is 112 Å². The molecule has 6 heteroatoms. The summed E-state index contributed by atoms with van der Waals surface area (Å²) in [5.74, 6) is -0.357. The van der Waals surface area contributed by atoms with Gasteiger partial charge in [-0.1, -0.05) is 91.0 Å². The van der Waals surface area contributed by atoms with E-state index < -0.39 is 17.2 Å². The van der Waals surface area contributed by atoms with Gasteiger partial charge in [-0.15, -0.1) is 0 Å². The molecule has 0 spiro atoms. The monoisotopic (exact) mass is 474 g/mol. The van der Waals surface area contributed by atoms with Crippen molar-refractivity contribution in [3.8, 4) is 0 Å². The first-order chi connectivity index (χ1) is 17.5. The summed E-state index contributed by atoms with van der Waals surface area (Å²) < 4.78 is 5.46. The predicted molar refractivity (Wildman–Crippen MR) is 137 cm³/mol. The highest BCUT2D eigenvalue weighted by Crippen LogP contribution is 2.35. The fourth-order valence-corrected chi connectivity index (χ4v) is 5.13. The molecule has 1 aliphatic heterocycles. The molecule has 5 aromatic rings. The Morgan fingerprint density at radius 2 is 1.47 bits per heavy atom. The van der Waals surface area contributed by atoms with E-state index in [4.69, 9.17) is 4.42 Å². The first-order valence-electron chi connectivity index (χ1n) is 11.7. The van der Waals surface area contributed by atoms with E-state index in [2.05, 4.69) is 5.32 Å². The molecule has 4 aromatic carbocycles. The molecule has 6 nitrogen and oxygen atoms in total. The maximum absolute atomic E-state index is 14.1. The number of benzene rings is 4. The van der Waals surface area contributed by atoms with Gasteiger partial charge < -0.3 is 9.73 Å². The molecule has 1 aliphatic rings. The molecule has 176 valence electrons. The number of nitrogens with one attached hydrogen (secondary N) is 1. The summed E-state index contributed by atoms with van der Waals surface area (Å²) in [6.45, 7) is -0.0514. The van der Waals surface area contributed by atoms with E-state index in [1.807, 2.05) is 91.0 Å². The number of hydrogen-bond acceptors (Lipinski definition) is 4. The summed E-state index contributed by atoms with van der Waals surface area (Å²) in [5, 5.41) is 5.56. The van der Waals surface area contributed by atoms with Crippen molar-refractivity contribution in [2.45, 2.75) is 18.5 Å². The molecular formula is C30H22N2O4. The fraction of sp³-hybridized carbons (Fsp3) is 0.100. The quantitative estimate of drug-likeness (QED) is 0.217. The van der Waals surface area contributed by atoms with Crippen molar-refractivity contribution in [2.24, 2.45) is 0 Å². The summed E-state index contributed by atoms with van der Waals surface area (Å²) >= 11 is 0.